The van der Waals surface area contributed by atoms with Gasteiger partial charge in [-0.25, -0.2) is 0 Å². The van der Waals surface area contributed by atoms with Crippen LogP contribution in [-0.2, 0) is 0 Å². The minimum absolute atomic E-state index is 0.302. The predicted molar refractivity (Wildman–Crippen MR) is 82.3 cm³/mol. The third kappa shape index (κ3) is 5.05. The molecule has 1 saturated carbocycles. The van der Waals surface area contributed by atoms with Crippen molar-refractivity contribution in [2.75, 3.05) is 26.7 Å². The molecule has 0 aromatic rings. The molecule has 3 nitrogen and oxygen atoms in total. The fourth-order valence-electron chi connectivity index (χ4n) is 3.65. The molecule has 1 fully saturated rings. The summed E-state index contributed by atoms with van der Waals surface area (Å²) in [6.45, 7) is 11.8. The maximum atomic E-state index is 9.05. The number of aliphatic hydroxyl groups excluding tert-OH is 1. The molecular formula is C16H34N2O. The van der Waals surface area contributed by atoms with E-state index < -0.39 is 0 Å². The van der Waals surface area contributed by atoms with Crippen LogP contribution in [0.4, 0.5) is 0 Å². The van der Waals surface area contributed by atoms with E-state index in [9.17, 15) is 0 Å². The zero-order chi connectivity index (χ0) is 14.4. The van der Waals surface area contributed by atoms with Gasteiger partial charge in [0.05, 0.1) is 0 Å². The van der Waals surface area contributed by atoms with Gasteiger partial charge in [0, 0.05) is 31.8 Å². The first-order valence-corrected chi connectivity index (χ1v) is 8.01. The Hall–Kier alpha value is -0.120. The van der Waals surface area contributed by atoms with Crippen molar-refractivity contribution in [3.63, 3.8) is 0 Å². The van der Waals surface area contributed by atoms with Gasteiger partial charge in [0.1, 0.15) is 0 Å². The second-order valence-corrected chi connectivity index (χ2v) is 6.78. The number of hydrogen-bond donors (Lipinski definition) is 2. The number of nitrogens with one attached hydrogen (secondary N) is 1. The monoisotopic (exact) mass is 270 g/mol. The Morgan fingerprint density at radius 1 is 1.26 bits per heavy atom. The van der Waals surface area contributed by atoms with E-state index in [1.165, 1.54) is 12.8 Å². The Kier molecular flexibility index (Phi) is 7.33. The van der Waals surface area contributed by atoms with E-state index in [-0.39, 0.29) is 0 Å². The number of rotatable bonds is 7. The van der Waals surface area contributed by atoms with E-state index in [1.54, 1.807) is 0 Å². The Balaban J connectivity index is 2.63. The van der Waals surface area contributed by atoms with Crippen LogP contribution in [-0.4, -0.2) is 48.8 Å². The molecule has 0 amide bonds. The van der Waals surface area contributed by atoms with E-state index in [4.69, 9.17) is 5.11 Å². The largest absolute Gasteiger partial charge is 0.396 e. The Bertz CT molecular complexity index is 245. The molecule has 0 radical (unpaired) electrons. The Morgan fingerprint density at radius 3 is 2.47 bits per heavy atom. The fraction of sp³-hybridized carbons (Fsp3) is 1.00. The fourth-order valence-corrected chi connectivity index (χ4v) is 3.65. The standard InChI is InChI=1S/C16H34N2O/c1-12(2)18(7-6-8-19)11-15-14(4)9-13(3)10-16(15)17-5/h12-17,19H,6-11H2,1-5H3. The van der Waals surface area contributed by atoms with Crippen LogP contribution in [0, 0.1) is 17.8 Å². The van der Waals surface area contributed by atoms with Crippen molar-refractivity contribution >= 4 is 0 Å². The molecule has 2 N–H and O–H groups in total. The average molecular weight is 270 g/mol. The highest BCUT2D eigenvalue weighted by molar-refractivity contribution is 4.89. The van der Waals surface area contributed by atoms with Crippen molar-refractivity contribution in [3.8, 4) is 0 Å². The zero-order valence-electron chi connectivity index (χ0n) is 13.5. The summed E-state index contributed by atoms with van der Waals surface area (Å²) in [5, 5.41) is 12.6. The molecule has 1 rings (SSSR count). The van der Waals surface area contributed by atoms with Crippen LogP contribution in [0.2, 0.25) is 0 Å². The third-order valence-corrected chi connectivity index (χ3v) is 4.83. The SMILES string of the molecule is CNC1CC(C)CC(C)C1CN(CCCO)C(C)C. The summed E-state index contributed by atoms with van der Waals surface area (Å²) in [6, 6.07) is 1.21. The molecule has 0 saturated heterocycles. The van der Waals surface area contributed by atoms with Gasteiger partial charge < -0.3 is 15.3 Å². The second-order valence-electron chi connectivity index (χ2n) is 6.78. The summed E-state index contributed by atoms with van der Waals surface area (Å²) in [6.07, 6.45) is 3.55. The van der Waals surface area contributed by atoms with Gasteiger partial charge in [-0.3, -0.25) is 0 Å². The summed E-state index contributed by atoms with van der Waals surface area (Å²) in [5.74, 6) is 2.37. The van der Waals surface area contributed by atoms with E-state index in [0.29, 0.717) is 18.7 Å². The maximum absolute atomic E-state index is 9.05. The molecule has 0 spiro atoms. The molecule has 1 aliphatic carbocycles. The van der Waals surface area contributed by atoms with Gasteiger partial charge in [-0.05, 0) is 57.9 Å². The molecule has 4 atom stereocenters. The molecule has 19 heavy (non-hydrogen) atoms. The molecule has 1 aliphatic rings. The molecule has 0 aromatic carbocycles. The van der Waals surface area contributed by atoms with Crippen molar-refractivity contribution in [1.29, 1.82) is 0 Å². The molecule has 0 aromatic heterocycles. The van der Waals surface area contributed by atoms with Crippen LogP contribution in [0.3, 0.4) is 0 Å². The van der Waals surface area contributed by atoms with E-state index >= 15 is 0 Å². The first-order chi connectivity index (χ1) is 8.99. The van der Waals surface area contributed by atoms with Crippen molar-refractivity contribution in [2.45, 2.75) is 59.0 Å². The summed E-state index contributed by atoms with van der Waals surface area (Å²) >= 11 is 0. The van der Waals surface area contributed by atoms with Crippen LogP contribution in [0.15, 0.2) is 0 Å². The number of nitrogens with zero attached hydrogens (tertiary/aromatic N) is 1. The van der Waals surface area contributed by atoms with Crippen molar-refractivity contribution in [2.24, 2.45) is 17.8 Å². The van der Waals surface area contributed by atoms with Crippen molar-refractivity contribution < 1.29 is 5.11 Å². The first kappa shape index (κ1) is 16.9. The number of aliphatic hydroxyl groups is 1. The third-order valence-electron chi connectivity index (χ3n) is 4.83. The van der Waals surface area contributed by atoms with Crippen LogP contribution in [0.1, 0.15) is 47.0 Å². The minimum atomic E-state index is 0.302. The summed E-state index contributed by atoms with van der Waals surface area (Å²) in [7, 11) is 2.11. The lowest BCUT2D eigenvalue weighted by Gasteiger charge is -2.43. The van der Waals surface area contributed by atoms with Crippen LogP contribution in [0.5, 0.6) is 0 Å². The highest BCUT2D eigenvalue weighted by atomic mass is 16.3. The molecule has 0 aliphatic heterocycles. The van der Waals surface area contributed by atoms with Gasteiger partial charge in [0.15, 0.2) is 0 Å². The molecule has 3 heteroatoms. The summed E-state index contributed by atoms with van der Waals surface area (Å²) in [5.41, 5.74) is 0. The normalized spacial score (nSPS) is 32.2. The number of hydrogen-bond acceptors (Lipinski definition) is 3. The second kappa shape index (κ2) is 8.23. The highest BCUT2D eigenvalue weighted by Gasteiger charge is 2.34. The minimum Gasteiger partial charge on any atom is -0.396 e. The van der Waals surface area contributed by atoms with Gasteiger partial charge in [-0.2, -0.15) is 0 Å². The molecule has 0 heterocycles. The van der Waals surface area contributed by atoms with E-state index in [0.717, 1.165) is 37.3 Å². The summed E-state index contributed by atoms with van der Waals surface area (Å²) < 4.78 is 0. The Labute approximate surface area is 119 Å². The van der Waals surface area contributed by atoms with Gasteiger partial charge in [0.2, 0.25) is 0 Å². The lowest BCUT2D eigenvalue weighted by Crippen LogP contribution is -2.49. The van der Waals surface area contributed by atoms with Crippen molar-refractivity contribution in [1.82, 2.24) is 10.2 Å². The van der Waals surface area contributed by atoms with E-state index in [1.807, 2.05) is 0 Å². The zero-order valence-corrected chi connectivity index (χ0v) is 13.5. The first-order valence-electron chi connectivity index (χ1n) is 8.01. The summed E-state index contributed by atoms with van der Waals surface area (Å²) in [4.78, 5) is 2.54. The lowest BCUT2D eigenvalue weighted by molar-refractivity contribution is 0.0857. The quantitative estimate of drug-likeness (QED) is 0.745. The van der Waals surface area contributed by atoms with Crippen molar-refractivity contribution in [3.05, 3.63) is 0 Å². The smallest absolute Gasteiger partial charge is 0.0443 e. The molecule has 114 valence electrons. The van der Waals surface area contributed by atoms with Gasteiger partial charge >= 0.3 is 0 Å². The topological polar surface area (TPSA) is 35.5 Å². The van der Waals surface area contributed by atoms with Crippen LogP contribution in [0.25, 0.3) is 0 Å². The maximum Gasteiger partial charge on any atom is 0.0443 e. The average Bonchev–Trinajstić information content (AvgIpc) is 2.35. The van der Waals surface area contributed by atoms with Gasteiger partial charge in [-0.15, -0.1) is 0 Å². The predicted octanol–water partition coefficient (Wildman–Crippen LogP) is 2.35. The lowest BCUT2D eigenvalue weighted by atomic mass is 9.72. The highest BCUT2D eigenvalue weighted by Crippen LogP contribution is 2.34. The molecule has 4 unspecified atom stereocenters. The van der Waals surface area contributed by atoms with Gasteiger partial charge in [0.25, 0.3) is 0 Å². The van der Waals surface area contributed by atoms with Gasteiger partial charge in [-0.1, -0.05) is 13.8 Å². The Morgan fingerprint density at radius 2 is 1.95 bits per heavy atom. The molecular weight excluding hydrogens is 236 g/mol. The van der Waals surface area contributed by atoms with Crippen LogP contribution >= 0.6 is 0 Å². The molecule has 0 bridgehead atoms. The van der Waals surface area contributed by atoms with E-state index in [2.05, 4.69) is 45.0 Å². The van der Waals surface area contributed by atoms with Crippen LogP contribution < -0.4 is 5.32 Å².